The van der Waals surface area contributed by atoms with Gasteiger partial charge in [-0.3, -0.25) is 14.3 Å². The molecule has 0 aliphatic rings. The number of fused-ring (bicyclic) bond motifs is 1. The van der Waals surface area contributed by atoms with Gasteiger partial charge in [0.05, 0.1) is 5.39 Å². The molecule has 0 fully saturated rings. The molecule has 0 unspecified atom stereocenters. The third-order valence-electron chi connectivity index (χ3n) is 4.79. The standard InChI is InChI=1S/C18H19N3O3/c1-9-6-7-13(17(22)14-8-19-20(5)18(14)23)15-11(3)10(2)12(4)21(24)16(9)15/h6-8,19H,1-5H3. The Hall–Kier alpha value is -2.89. The molecule has 1 N–H and O–H groups in total. The van der Waals surface area contributed by atoms with Gasteiger partial charge in [-0.2, -0.15) is 4.73 Å². The third kappa shape index (κ3) is 2.06. The van der Waals surface area contributed by atoms with Gasteiger partial charge in [0.15, 0.2) is 5.69 Å². The summed E-state index contributed by atoms with van der Waals surface area (Å²) < 4.78 is 2.12. The minimum Gasteiger partial charge on any atom is -0.618 e. The summed E-state index contributed by atoms with van der Waals surface area (Å²) in [6.07, 6.45) is 1.40. The van der Waals surface area contributed by atoms with Crippen LogP contribution in [-0.2, 0) is 7.05 Å². The Balaban J connectivity index is 2.43. The molecule has 0 saturated carbocycles. The predicted molar refractivity (Wildman–Crippen MR) is 91.3 cm³/mol. The van der Waals surface area contributed by atoms with Crippen LogP contribution in [0.4, 0.5) is 0 Å². The van der Waals surface area contributed by atoms with Crippen LogP contribution in [0.1, 0.15) is 38.3 Å². The molecule has 124 valence electrons. The van der Waals surface area contributed by atoms with Gasteiger partial charge in [0.1, 0.15) is 5.56 Å². The summed E-state index contributed by atoms with van der Waals surface area (Å²) in [7, 11) is 1.55. The van der Waals surface area contributed by atoms with Crippen LogP contribution in [-0.4, -0.2) is 15.6 Å². The molecule has 0 saturated heterocycles. The number of carbonyl (C=O) groups excluding carboxylic acids is 1. The number of benzene rings is 1. The second-order valence-electron chi connectivity index (χ2n) is 6.16. The van der Waals surface area contributed by atoms with Gasteiger partial charge in [0.25, 0.3) is 5.56 Å². The number of hydrogen-bond donors (Lipinski definition) is 1. The van der Waals surface area contributed by atoms with Crippen LogP contribution >= 0.6 is 0 Å². The Bertz CT molecular complexity index is 1060. The van der Waals surface area contributed by atoms with Gasteiger partial charge < -0.3 is 10.3 Å². The fourth-order valence-electron chi connectivity index (χ4n) is 3.07. The Kier molecular flexibility index (Phi) is 3.55. The van der Waals surface area contributed by atoms with Crippen molar-refractivity contribution in [3.63, 3.8) is 0 Å². The number of nitrogens with zero attached hydrogens (tertiary/aromatic N) is 2. The summed E-state index contributed by atoms with van der Waals surface area (Å²) in [6, 6.07) is 3.43. The predicted octanol–water partition coefficient (Wildman–Crippen LogP) is 1.96. The number of aryl methyl sites for hydroxylation is 3. The molecular weight excluding hydrogens is 306 g/mol. The molecule has 6 heteroatoms. The number of aromatic amines is 1. The second-order valence-corrected chi connectivity index (χ2v) is 6.16. The summed E-state index contributed by atoms with van der Waals surface area (Å²) in [4.78, 5) is 25.0. The smallest absolute Gasteiger partial charge is 0.277 e. The van der Waals surface area contributed by atoms with Crippen LogP contribution in [0.3, 0.4) is 0 Å². The monoisotopic (exact) mass is 325 g/mol. The molecule has 2 heterocycles. The lowest BCUT2D eigenvalue weighted by molar-refractivity contribution is -0.584. The molecule has 0 bridgehead atoms. The lowest BCUT2D eigenvalue weighted by Gasteiger charge is -2.15. The molecule has 2 aromatic heterocycles. The van der Waals surface area contributed by atoms with Crippen LogP contribution in [0.25, 0.3) is 10.9 Å². The van der Waals surface area contributed by atoms with Crippen LogP contribution in [0.15, 0.2) is 23.1 Å². The molecule has 0 amide bonds. The summed E-state index contributed by atoms with van der Waals surface area (Å²) >= 11 is 0. The number of aromatic nitrogens is 3. The fraction of sp³-hybridized carbons (Fsp3) is 0.278. The van der Waals surface area contributed by atoms with Crippen molar-refractivity contribution in [3.8, 4) is 0 Å². The van der Waals surface area contributed by atoms with Gasteiger partial charge in [-0.1, -0.05) is 6.07 Å². The number of hydrogen-bond acceptors (Lipinski definition) is 3. The van der Waals surface area contributed by atoms with Crippen LogP contribution in [0.2, 0.25) is 0 Å². The fourth-order valence-corrected chi connectivity index (χ4v) is 3.07. The van der Waals surface area contributed by atoms with Crippen molar-refractivity contribution in [2.45, 2.75) is 27.7 Å². The summed E-state index contributed by atoms with van der Waals surface area (Å²) in [5.74, 6) is -0.381. The van der Waals surface area contributed by atoms with Crippen molar-refractivity contribution in [1.82, 2.24) is 9.78 Å². The van der Waals surface area contributed by atoms with E-state index in [4.69, 9.17) is 0 Å². The van der Waals surface area contributed by atoms with Gasteiger partial charge in [-0.15, -0.1) is 0 Å². The Morgan fingerprint density at radius 3 is 2.38 bits per heavy atom. The quantitative estimate of drug-likeness (QED) is 0.444. The highest BCUT2D eigenvalue weighted by molar-refractivity contribution is 6.16. The Morgan fingerprint density at radius 1 is 1.12 bits per heavy atom. The van der Waals surface area contributed by atoms with E-state index < -0.39 is 0 Å². The van der Waals surface area contributed by atoms with Gasteiger partial charge in [-0.05, 0) is 32.4 Å². The first-order valence-corrected chi connectivity index (χ1v) is 7.67. The minimum absolute atomic E-state index is 0.0673. The average Bonchev–Trinajstić information content (AvgIpc) is 2.89. The lowest BCUT2D eigenvalue weighted by atomic mass is 9.93. The highest BCUT2D eigenvalue weighted by Crippen LogP contribution is 2.27. The zero-order valence-electron chi connectivity index (χ0n) is 14.4. The van der Waals surface area contributed by atoms with E-state index in [1.165, 1.54) is 10.9 Å². The summed E-state index contributed by atoms with van der Waals surface area (Å²) in [6.45, 7) is 7.37. The number of H-pyrrole nitrogens is 1. The molecule has 3 aromatic rings. The maximum Gasteiger partial charge on any atom is 0.277 e. The lowest BCUT2D eigenvalue weighted by Crippen LogP contribution is -2.34. The van der Waals surface area contributed by atoms with E-state index >= 15 is 0 Å². The molecule has 0 aliphatic carbocycles. The number of nitrogens with one attached hydrogen (secondary N) is 1. The maximum absolute atomic E-state index is 12.9. The van der Waals surface area contributed by atoms with Crippen molar-refractivity contribution in [2.24, 2.45) is 7.05 Å². The molecule has 0 spiro atoms. The molecule has 0 atom stereocenters. The normalized spacial score (nSPS) is 11.2. The molecular formula is C18H19N3O3. The number of rotatable bonds is 2. The summed E-state index contributed by atoms with van der Waals surface area (Å²) in [5.41, 5.74) is 3.68. The molecule has 6 nitrogen and oxygen atoms in total. The van der Waals surface area contributed by atoms with Gasteiger partial charge in [-0.25, -0.2) is 0 Å². The topological polar surface area (TPSA) is 81.8 Å². The largest absolute Gasteiger partial charge is 0.618 e. The van der Waals surface area contributed by atoms with E-state index in [9.17, 15) is 14.8 Å². The van der Waals surface area contributed by atoms with Gasteiger partial charge in [0, 0.05) is 36.9 Å². The Labute approximate surface area is 138 Å². The van der Waals surface area contributed by atoms with E-state index in [2.05, 4.69) is 5.10 Å². The van der Waals surface area contributed by atoms with Gasteiger partial charge >= 0.3 is 0 Å². The minimum atomic E-state index is -0.384. The first-order valence-electron chi connectivity index (χ1n) is 7.67. The van der Waals surface area contributed by atoms with Crippen LogP contribution in [0, 0.1) is 32.9 Å². The highest BCUT2D eigenvalue weighted by atomic mass is 16.5. The van der Waals surface area contributed by atoms with E-state index in [0.717, 1.165) is 21.4 Å². The summed E-state index contributed by atoms with van der Waals surface area (Å²) in [5, 5.41) is 16.0. The average molecular weight is 325 g/mol. The van der Waals surface area contributed by atoms with Crippen LogP contribution in [0.5, 0.6) is 0 Å². The SMILES string of the molecule is Cc1c(C)c2c(C(=O)c3c[nH]n(C)c3=O)ccc(C)c2[n+]([O-])c1C. The molecule has 0 radical (unpaired) electrons. The zero-order valence-corrected chi connectivity index (χ0v) is 14.4. The van der Waals surface area contributed by atoms with E-state index in [1.54, 1.807) is 26.1 Å². The third-order valence-corrected chi connectivity index (χ3v) is 4.79. The van der Waals surface area contributed by atoms with Crippen molar-refractivity contribution in [2.75, 3.05) is 0 Å². The first kappa shape index (κ1) is 16.0. The zero-order chi connectivity index (χ0) is 17.8. The van der Waals surface area contributed by atoms with E-state index in [-0.39, 0.29) is 16.9 Å². The highest BCUT2D eigenvalue weighted by Gasteiger charge is 2.25. The van der Waals surface area contributed by atoms with Gasteiger partial charge in [0.2, 0.25) is 11.3 Å². The Morgan fingerprint density at radius 2 is 1.79 bits per heavy atom. The molecule has 1 aromatic carbocycles. The van der Waals surface area contributed by atoms with E-state index in [0.29, 0.717) is 22.2 Å². The van der Waals surface area contributed by atoms with Crippen LogP contribution < -0.4 is 10.3 Å². The molecule has 3 rings (SSSR count). The van der Waals surface area contributed by atoms with E-state index in [1.807, 2.05) is 20.8 Å². The van der Waals surface area contributed by atoms with Crippen molar-refractivity contribution in [1.29, 1.82) is 0 Å². The van der Waals surface area contributed by atoms with Crippen molar-refractivity contribution < 1.29 is 9.52 Å². The van der Waals surface area contributed by atoms with Crippen molar-refractivity contribution in [3.05, 3.63) is 67.4 Å². The first-order chi connectivity index (χ1) is 11.3. The van der Waals surface area contributed by atoms with Crippen molar-refractivity contribution >= 4 is 16.7 Å². The second kappa shape index (κ2) is 5.33. The number of carbonyl (C=O) groups is 1. The maximum atomic E-state index is 12.9. The molecule has 0 aliphatic heterocycles. The molecule has 24 heavy (non-hydrogen) atoms. The number of pyridine rings is 1. The number of ketones is 1.